The summed E-state index contributed by atoms with van der Waals surface area (Å²) >= 11 is 5.48. The zero-order valence-electron chi connectivity index (χ0n) is 7.43. The highest BCUT2D eigenvalue weighted by atomic mass is 35.5. The number of nitrogens with one attached hydrogen (secondary N) is 1. The third-order valence-corrected chi connectivity index (χ3v) is 2.78. The summed E-state index contributed by atoms with van der Waals surface area (Å²) in [6.45, 7) is 0.647. The van der Waals surface area contributed by atoms with Gasteiger partial charge in [-0.3, -0.25) is 0 Å². The van der Waals surface area contributed by atoms with Crippen LogP contribution < -0.4 is 5.32 Å². The van der Waals surface area contributed by atoms with Gasteiger partial charge in [-0.15, -0.1) is 11.6 Å². The van der Waals surface area contributed by atoms with Crippen molar-refractivity contribution in [2.45, 2.75) is 44.2 Å². The molecule has 1 aliphatic rings. The number of hydrogen-bond donors (Lipinski definition) is 2. The van der Waals surface area contributed by atoms with Crippen molar-refractivity contribution in [1.29, 1.82) is 0 Å². The maximum absolute atomic E-state index is 9.19. The molecular weight excluding hydrogens is 174 g/mol. The number of aliphatic hydroxyl groups is 1. The maximum Gasteiger partial charge on any atom is 0.0799 e. The van der Waals surface area contributed by atoms with E-state index in [1.165, 1.54) is 32.1 Å². The summed E-state index contributed by atoms with van der Waals surface area (Å²) in [5.41, 5.74) is 0. The predicted molar refractivity (Wildman–Crippen MR) is 51.6 cm³/mol. The smallest absolute Gasteiger partial charge is 0.0799 e. The molecule has 0 aromatic carbocycles. The van der Waals surface area contributed by atoms with Crippen molar-refractivity contribution in [3.63, 3.8) is 0 Å². The number of hydrogen-bond acceptors (Lipinski definition) is 2. The van der Waals surface area contributed by atoms with E-state index in [2.05, 4.69) is 5.32 Å². The molecule has 2 N–H and O–H groups in total. The van der Waals surface area contributed by atoms with Gasteiger partial charge in [-0.2, -0.15) is 0 Å². The lowest BCUT2D eigenvalue weighted by Gasteiger charge is -2.23. The summed E-state index contributed by atoms with van der Waals surface area (Å²) in [5.74, 6) is 0.333. The molecule has 2 nitrogen and oxygen atoms in total. The zero-order valence-corrected chi connectivity index (χ0v) is 8.19. The summed E-state index contributed by atoms with van der Waals surface area (Å²) < 4.78 is 0. The van der Waals surface area contributed by atoms with Gasteiger partial charge in [0.2, 0.25) is 0 Å². The van der Waals surface area contributed by atoms with Crippen LogP contribution in [0.1, 0.15) is 32.1 Å². The Morgan fingerprint density at radius 3 is 2.58 bits per heavy atom. The van der Waals surface area contributed by atoms with Gasteiger partial charge in [0.1, 0.15) is 0 Å². The van der Waals surface area contributed by atoms with Crippen LogP contribution in [0.2, 0.25) is 0 Å². The van der Waals surface area contributed by atoms with Crippen LogP contribution in [-0.4, -0.2) is 29.7 Å². The largest absolute Gasteiger partial charge is 0.391 e. The molecule has 0 amide bonds. The third-order valence-electron chi connectivity index (χ3n) is 2.43. The predicted octanol–water partition coefficient (Wildman–Crippen LogP) is 1.51. The molecule has 0 aliphatic heterocycles. The SMILES string of the molecule is O[C@@H](CCl)CNC1CCCCC1. The fraction of sp³-hybridized carbons (Fsp3) is 1.00. The zero-order chi connectivity index (χ0) is 8.81. The van der Waals surface area contributed by atoms with Crippen LogP contribution in [-0.2, 0) is 0 Å². The Bertz CT molecular complexity index is 115. The van der Waals surface area contributed by atoms with Crippen LogP contribution in [0.25, 0.3) is 0 Å². The molecule has 0 bridgehead atoms. The van der Waals surface area contributed by atoms with Crippen molar-refractivity contribution in [1.82, 2.24) is 5.32 Å². The summed E-state index contributed by atoms with van der Waals surface area (Å²) in [5, 5.41) is 12.5. The molecule has 3 heteroatoms. The lowest BCUT2D eigenvalue weighted by atomic mass is 9.95. The Morgan fingerprint density at radius 1 is 1.33 bits per heavy atom. The number of rotatable bonds is 4. The van der Waals surface area contributed by atoms with Gasteiger partial charge < -0.3 is 10.4 Å². The van der Waals surface area contributed by atoms with Crippen LogP contribution in [0.5, 0.6) is 0 Å². The molecule has 1 aliphatic carbocycles. The van der Waals surface area contributed by atoms with Crippen LogP contribution in [0.4, 0.5) is 0 Å². The summed E-state index contributed by atoms with van der Waals surface area (Å²) in [4.78, 5) is 0. The van der Waals surface area contributed by atoms with Crippen molar-refractivity contribution in [2.75, 3.05) is 12.4 Å². The normalized spacial score (nSPS) is 22.5. The average molecular weight is 192 g/mol. The minimum Gasteiger partial charge on any atom is -0.391 e. The second-order valence-electron chi connectivity index (χ2n) is 3.55. The first kappa shape index (κ1) is 10.3. The van der Waals surface area contributed by atoms with Crippen molar-refractivity contribution in [2.24, 2.45) is 0 Å². The molecule has 0 spiro atoms. The summed E-state index contributed by atoms with van der Waals surface area (Å²) in [6.07, 6.45) is 6.16. The van der Waals surface area contributed by atoms with Crippen LogP contribution in [0.3, 0.4) is 0 Å². The number of halogens is 1. The van der Waals surface area contributed by atoms with E-state index in [0.29, 0.717) is 18.5 Å². The third kappa shape index (κ3) is 3.74. The highest BCUT2D eigenvalue weighted by Gasteiger charge is 2.13. The van der Waals surface area contributed by atoms with E-state index in [4.69, 9.17) is 11.6 Å². The van der Waals surface area contributed by atoms with Crippen LogP contribution in [0.15, 0.2) is 0 Å². The topological polar surface area (TPSA) is 32.3 Å². The van der Waals surface area contributed by atoms with Gasteiger partial charge in [0.05, 0.1) is 6.10 Å². The molecule has 0 radical (unpaired) electrons. The Morgan fingerprint density at radius 2 is 2.00 bits per heavy atom. The highest BCUT2D eigenvalue weighted by molar-refractivity contribution is 6.18. The first-order valence-electron chi connectivity index (χ1n) is 4.80. The monoisotopic (exact) mass is 191 g/mol. The van der Waals surface area contributed by atoms with Crippen molar-refractivity contribution >= 4 is 11.6 Å². The first-order valence-corrected chi connectivity index (χ1v) is 5.34. The molecule has 0 heterocycles. The van der Waals surface area contributed by atoms with E-state index in [9.17, 15) is 5.11 Å². The second-order valence-corrected chi connectivity index (χ2v) is 3.86. The first-order chi connectivity index (χ1) is 5.83. The molecule has 1 atom stereocenters. The van der Waals surface area contributed by atoms with Crippen molar-refractivity contribution in [3.8, 4) is 0 Å². The van der Waals surface area contributed by atoms with Crippen LogP contribution >= 0.6 is 11.6 Å². The molecule has 1 fully saturated rings. The minimum atomic E-state index is -0.381. The summed E-state index contributed by atoms with van der Waals surface area (Å²) in [6, 6.07) is 0.622. The Labute approximate surface area is 79.3 Å². The Hall–Kier alpha value is 0.210. The van der Waals surface area contributed by atoms with E-state index < -0.39 is 0 Å². The quantitative estimate of drug-likeness (QED) is 0.661. The Kier molecular flexibility index (Phi) is 4.96. The molecule has 0 aromatic heterocycles. The van der Waals surface area contributed by atoms with Gasteiger partial charge in [-0.1, -0.05) is 19.3 Å². The Balaban J connectivity index is 2.05. The van der Waals surface area contributed by atoms with Crippen molar-refractivity contribution < 1.29 is 5.11 Å². The van der Waals surface area contributed by atoms with E-state index in [-0.39, 0.29) is 6.10 Å². The molecule has 1 saturated carbocycles. The molecule has 0 saturated heterocycles. The lowest BCUT2D eigenvalue weighted by Crippen LogP contribution is -2.37. The van der Waals surface area contributed by atoms with Gasteiger partial charge in [0.25, 0.3) is 0 Å². The molecule has 72 valence electrons. The van der Waals surface area contributed by atoms with E-state index in [0.717, 1.165) is 0 Å². The molecule has 12 heavy (non-hydrogen) atoms. The standard InChI is InChI=1S/C9H18ClNO/c10-6-9(12)7-11-8-4-2-1-3-5-8/h8-9,11-12H,1-7H2/t9-/m0/s1. The number of aliphatic hydroxyl groups excluding tert-OH is 1. The molecule has 1 rings (SSSR count). The second kappa shape index (κ2) is 5.79. The average Bonchev–Trinajstić information content (AvgIpc) is 2.16. The minimum absolute atomic E-state index is 0.333. The molecular formula is C9H18ClNO. The van der Waals surface area contributed by atoms with E-state index >= 15 is 0 Å². The summed E-state index contributed by atoms with van der Waals surface area (Å²) in [7, 11) is 0. The molecule has 0 aromatic rings. The lowest BCUT2D eigenvalue weighted by molar-refractivity contribution is 0.184. The van der Waals surface area contributed by atoms with Gasteiger partial charge >= 0.3 is 0 Å². The van der Waals surface area contributed by atoms with Crippen LogP contribution in [0, 0.1) is 0 Å². The highest BCUT2D eigenvalue weighted by Crippen LogP contribution is 2.17. The van der Waals surface area contributed by atoms with Gasteiger partial charge in [-0.25, -0.2) is 0 Å². The fourth-order valence-corrected chi connectivity index (χ4v) is 1.77. The molecule has 0 unspecified atom stereocenters. The van der Waals surface area contributed by atoms with Crippen molar-refractivity contribution in [3.05, 3.63) is 0 Å². The van der Waals surface area contributed by atoms with E-state index in [1.54, 1.807) is 0 Å². The van der Waals surface area contributed by atoms with Gasteiger partial charge in [0.15, 0.2) is 0 Å². The fourth-order valence-electron chi connectivity index (χ4n) is 1.66. The maximum atomic E-state index is 9.19. The number of alkyl halides is 1. The van der Waals surface area contributed by atoms with E-state index in [1.807, 2.05) is 0 Å². The van der Waals surface area contributed by atoms with Gasteiger partial charge in [-0.05, 0) is 12.8 Å². The van der Waals surface area contributed by atoms with Gasteiger partial charge in [0, 0.05) is 18.5 Å².